The van der Waals surface area contributed by atoms with Gasteiger partial charge in [-0.1, -0.05) is 12.1 Å². The predicted octanol–water partition coefficient (Wildman–Crippen LogP) is 1.20. The lowest BCUT2D eigenvalue weighted by Gasteiger charge is -2.18. The number of ether oxygens (including phenoxy) is 2. The number of benzene rings is 2. The van der Waals surface area contributed by atoms with Gasteiger partial charge < -0.3 is 14.6 Å². The number of rotatable bonds is 4. The molecule has 1 aliphatic heterocycles. The van der Waals surface area contributed by atoms with Gasteiger partial charge in [-0.05, 0) is 18.2 Å². The largest absolute Gasteiger partial charge is 0.872 e. The van der Waals surface area contributed by atoms with Gasteiger partial charge in [0, 0.05) is 11.6 Å². The Morgan fingerprint density at radius 2 is 1.92 bits per heavy atom. The molecule has 0 saturated carbocycles. The molecule has 9 nitrogen and oxygen atoms in total. The van der Waals surface area contributed by atoms with E-state index >= 15 is 0 Å². The number of nitrogens with zero attached hydrogens (tertiary/aromatic N) is 2. The fraction of sp³-hybridized carbons (Fsp3) is 0.125. The third kappa shape index (κ3) is 3.66. The minimum atomic E-state index is -0.635. The number of nitro benzene ring substituents is 1. The van der Waals surface area contributed by atoms with Gasteiger partial charge >= 0.3 is 0 Å². The zero-order valence-electron chi connectivity index (χ0n) is 12.8. The zero-order valence-corrected chi connectivity index (χ0v) is 12.8. The van der Waals surface area contributed by atoms with Gasteiger partial charge in [0.25, 0.3) is 11.6 Å². The summed E-state index contributed by atoms with van der Waals surface area (Å²) in [6.45, 7) is 0.839. The van der Waals surface area contributed by atoms with E-state index in [1.54, 1.807) is 12.1 Å². The van der Waals surface area contributed by atoms with Crippen molar-refractivity contribution in [3.05, 3.63) is 57.6 Å². The lowest BCUT2D eigenvalue weighted by atomic mass is 10.2. The first kappa shape index (κ1) is 16.2. The molecule has 25 heavy (non-hydrogen) atoms. The molecule has 0 fully saturated rings. The molecule has 0 unspecified atom stereocenters. The molecule has 0 bridgehead atoms. The standard InChI is InChI=1S/C16H13N3O6/c20-12-2-3-13(19(22)23)11(7-12)9-17-18-16(21)10-1-4-14-15(8-10)25-6-5-24-14/h1-4,7-9,20H,5-6H2,(H,18,21)/p-1/b17-9-. The van der Waals surface area contributed by atoms with Crippen molar-refractivity contribution in [2.24, 2.45) is 5.10 Å². The Kier molecular flexibility index (Phi) is 4.46. The predicted molar refractivity (Wildman–Crippen MR) is 85.0 cm³/mol. The Bertz CT molecular complexity index is 865. The summed E-state index contributed by atoms with van der Waals surface area (Å²) in [5, 5.41) is 25.9. The van der Waals surface area contributed by atoms with Gasteiger partial charge in [-0.15, -0.1) is 5.75 Å². The molecule has 1 N–H and O–H groups in total. The van der Waals surface area contributed by atoms with Gasteiger partial charge in [0.2, 0.25) is 0 Å². The number of carbonyl (C=O) groups is 1. The molecule has 1 heterocycles. The van der Waals surface area contributed by atoms with Crippen molar-refractivity contribution in [2.75, 3.05) is 13.2 Å². The first-order valence-corrected chi connectivity index (χ1v) is 7.23. The second-order valence-electron chi connectivity index (χ2n) is 5.04. The van der Waals surface area contributed by atoms with E-state index in [2.05, 4.69) is 10.5 Å². The van der Waals surface area contributed by atoms with Crippen LogP contribution in [0.5, 0.6) is 17.2 Å². The fourth-order valence-corrected chi connectivity index (χ4v) is 2.21. The maximum absolute atomic E-state index is 12.1. The molecule has 3 rings (SSSR count). The monoisotopic (exact) mass is 342 g/mol. The summed E-state index contributed by atoms with van der Waals surface area (Å²) < 4.78 is 10.8. The summed E-state index contributed by atoms with van der Waals surface area (Å²) in [7, 11) is 0. The van der Waals surface area contributed by atoms with Crippen LogP contribution in [0.3, 0.4) is 0 Å². The van der Waals surface area contributed by atoms with Crippen LogP contribution in [-0.4, -0.2) is 30.3 Å². The van der Waals surface area contributed by atoms with Crippen molar-refractivity contribution >= 4 is 17.8 Å². The highest BCUT2D eigenvalue weighted by molar-refractivity contribution is 5.96. The van der Waals surface area contributed by atoms with Gasteiger partial charge in [0.15, 0.2) is 11.5 Å². The molecule has 1 aliphatic rings. The SMILES string of the molecule is O=C(N/N=C\c1cc([O-])ccc1[N+](=O)[O-])c1ccc2c(c1)OCCO2. The minimum Gasteiger partial charge on any atom is -0.872 e. The highest BCUT2D eigenvalue weighted by atomic mass is 16.6. The highest BCUT2D eigenvalue weighted by Crippen LogP contribution is 2.30. The third-order valence-corrected chi connectivity index (χ3v) is 3.37. The molecule has 0 saturated heterocycles. The number of nitro groups is 1. The van der Waals surface area contributed by atoms with Crippen molar-refractivity contribution in [3.8, 4) is 17.2 Å². The molecule has 0 atom stereocenters. The van der Waals surface area contributed by atoms with E-state index in [-0.39, 0.29) is 16.8 Å². The fourth-order valence-electron chi connectivity index (χ4n) is 2.21. The molecule has 128 valence electrons. The van der Waals surface area contributed by atoms with E-state index < -0.39 is 16.6 Å². The first-order valence-electron chi connectivity index (χ1n) is 7.23. The van der Waals surface area contributed by atoms with Crippen LogP contribution in [0.4, 0.5) is 5.69 Å². The Balaban J connectivity index is 1.73. The minimum absolute atomic E-state index is 0.0000238. The third-order valence-electron chi connectivity index (χ3n) is 3.37. The Morgan fingerprint density at radius 1 is 1.16 bits per heavy atom. The summed E-state index contributed by atoms with van der Waals surface area (Å²) in [6, 6.07) is 7.91. The summed E-state index contributed by atoms with van der Waals surface area (Å²) in [4.78, 5) is 22.4. The van der Waals surface area contributed by atoms with E-state index in [1.807, 2.05) is 0 Å². The molecule has 0 radical (unpaired) electrons. The number of carbonyl (C=O) groups excluding carboxylic acids is 1. The molecule has 0 spiro atoms. The zero-order chi connectivity index (χ0) is 17.8. The van der Waals surface area contributed by atoms with Crippen molar-refractivity contribution in [3.63, 3.8) is 0 Å². The number of hydrogen-bond acceptors (Lipinski definition) is 7. The molecule has 0 aliphatic carbocycles. The summed E-state index contributed by atoms with van der Waals surface area (Å²) in [6.07, 6.45) is 1.05. The second-order valence-corrected chi connectivity index (χ2v) is 5.04. The number of amides is 1. The Hall–Kier alpha value is -3.62. The van der Waals surface area contributed by atoms with Gasteiger partial charge in [-0.25, -0.2) is 5.43 Å². The lowest BCUT2D eigenvalue weighted by Crippen LogP contribution is -2.19. The number of nitrogens with one attached hydrogen (secondary N) is 1. The second kappa shape index (κ2) is 6.87. The van der Waals surface area contributed by atoms with Crippen LogP contribution in [-0.2, 0) is 0 Å². The summed E-state index contributed by atoms with van der Waals surface area (Å²) in [5.41, 5.74) is 2.25. The van der Waals surface area contributed by atoms with Crippen molar-refractivity contribution in [2.45, 2.75) is 0 Å². The maximum Gasteiger partial charge on any atom is 0.278 e. The van der Waals surface area contributed by atoms with E-state index in [4.69, 9.17) is 9.47 Å². The van der Waals surface area contributed by atoms with Crippen LogP contribution >= 0.6 is 0 Å². The highest BCUT2D eigenvalue weighted by Gasteiger charge is 2.15. The maximum atomic E-state index is 12.1. The van der Waals surface area contributed by atoms with Crippen molar-refractivity contribution < 1.29 is 24.3 Å². The van der Waals surface area contributed by atoms with Crippen LogP contribution in [0.1, 0.15) is 15.9 Å². The lowest BCUT2D eigenvalue weighted by molar-refractivity contribution is -0.385. The number of hydrogen-bond donors (Lipinski definition) is 1. The van der Waals surface area contributed by atoms with Gasteiger partial charge in [-0.2, -0.15) is 5.10 Å². The molecular formula is C16H12N3O6-. The smallest absolute Gasteiger partial charge is 0.278 e. The average molecular weight is 342 g/mol. The van der Waals surface area contributed by atoms with E-state index in [9.17, 15) is 20.0 Å². The van der Waals surface area contributed by atoms with Crippen LogP contribution < -0.4 is 20.0 Å². The van der Waals surface area contributed by atoms with Gasteiger partial charge in [-0.3, -0.25) is 14.9 Å². The molecule has 1 amide bonds. The van der Waals surface area contributed by atoms with E-state index in [1.165, 1.54) is 6.07 Å². The van der Waals surface area contributed by atoms with Gasteiger partial charge in [0.05, 0.1) is 16.7 Å². The van der Waals surface area contributed by atoms with Gasteiger partial charge in [0.1, 0.15) is 13.2 Å². The number of fused-ring (bicyclic) bond motifs is 1. The quantitative estimate of drug-likeness (QED) is 0.505. The van der Waals surface area contributed by atoms with Crippen molar-refractivity contribution in [1.29, 1.82) is 0 Å². The molecular weight excluding hydrogens is 330 g/mol. The molecule has 9 heteroatoms. The summed E-state index contributed by atoms with van der Waals surface area (Å²) in [5.74, 6) is 0.0751. The van der Waals surface area contributed by atoms with Crippen molar-refractivity contribution in [1.82, 2.24) is 5.43 Å². The summed E-state index contributed by atoms with van der Waals surface area (Å²) >= 11 is 0. The molecule has 0 aromatic heterocycles. The van der Waals surface area contributed by atoms with E-state index in [0.717, 1.165) is 24.4 Å². The topological polar surface area (TPSA) is 126 Å². The van der Waals surface area contributed by atoms with Crippen LogP contribution in [0.25, 0.3) is 0 Å². The number of hydrazone groups is 1. The first-order chi connectivity index (χ1) is 12.0. The van der Waals surface area contributed by atoms with Crippen LogP contribution in [0, 0.1) is 10.1 Å². The average Bonchev–Trinajstić information content (AvgIpc) is 2.61. The van der Waals surface area contributed by atoms with Crippen LogP contribution in [0.15, 0.2) is 41.5 Å². The Morgan fingerprint density at radius 3 is 2.68 bits per heavy atom. The van der Waals surface area contributed by atoms with E-state index in [0.29, 0.717) is 24.7 Å². The molecule has 2 aromatic rings. The normalized spacial score (nSPS) is 12.8. The molecule has 2 aromatic carbocycles. The van der Waals surface area contributed by atoms with Crippen LogP contribution in [0.2, 0.25) is 0 Å². The Labute approximate surface area is 141 Å².